The van der Waals surface area contributed by atoms with Crippen molar-refractivity contribution in [1.82, 2.24) is 0 Å². The van der Waals surface area contributed by atoms with Crippen molar-refractivity contribution in [2.45, 2.75) is 59.8 Å². The molecular weight excluding hydrogens is 156 g/mol. The second-order valence-corrected chi connectivity index (χ2v) is 4.91. The average molecular weight is 180 g/mol. The summed E-state index contributed by atoms with van der Waals surface area (Å²) in [6, 6.07) is 0. The van der Waals surface area contributed by atoms with Gasteiger partial charge in [-0.3, -0.25) is 0 Å². The number of rotatable bonds is 3. The molecule has 0 aromatic heterocycles. The summed E-state index contributed by atoms with van der Waals surface area (Å²) in [4.78, 5) is 0. The lowest BCUT2D eigenvalue weighted by Crippen LogP contribution is -2.20. The van der Waals surface area contributed by atoms with Crippen molar-refractivity contribution < 1.29 is 0 Å². The Balaban J connectivity index is 2.61. The molecule has 2 atom stereocenters. The third-order valence-corrected chi connectivity index (χ3v) is 3.94. The molecule has 0 amide bonds. The largest absolute Gasteiger partial charge is 0.0856 e. The summed E-state index contributed by atoms with van der Waals surface area (Å²) in [5.41, 5.74) is 2.32. The van der Waals surface area contributed by atoms with E-state index in [1.165, 1.54) is 32.1 Å². The van der Waals surface area contributed by atoms with Crippen molar-refractivity contribution in [2.75, 3.05) is 0 Å². The molecule has 1 unspecified atom stereocenters. The van der Waals surface area contributed by atoms with Crippen LogP contribution in [0.2, 0.25) is 0 Å². The zero-order valence-corrected chi connectivity index (χ0v) is 9.69. The van der Waals surface area contributed by atoms with Gasteiger partial charge in [0, 0.05) is 0 Å². The predicted octanol–water partition coefficient (Wildman–Crippen LogP) is 4.56. The molecular formula is C13H24. The second kappa shape index (κ2) is 4.30. The van der Waals surface area contributed by atoms with E-state index < -0.39 is 0 Å². The van der Waals surface area contributed by atoms with Gasteiger partial charge in [0.1, 0.15) is 0 Å². The van der Waals surface area contributed by atoms with E-state index in [0.717, 1.165) is 5.92 Å². The Morgan fingerprint density at radius 2 is 2.15 bits per heavy atom. The van der Waals surface area contributed by atoms with Gasteiger partial charge in [0.15, 0.2) is 0 Å². The molecule has 1 fully saturated rings. The molecule has 1 saturated carbocycles. The van der Waals surface area contributed by atoms with E-state index >= 15 is 0 Å². The highest BCUT2D eigenvalue weighted by Gasteiger charge is 2.35. The van der Waals surface area contributed by atoms with Crippen LogP contribution in [0.5, 0.6) is 0 Å². The maximum atomic E-state index is 2.47. The summed E-state index contributed by atoms with van der Waals surface area (Å²) < 4.78 is 0. The molecule has 1 rings (SSSR count). The lowest BCUT2D eigenvalue weighted by Gasteiger charge is -2.30. The Bertz CT molecular complexity index is 190. The fourth-order valence-electron chi connectivity index (χ4n) is 2.52. The Labute approximate surface area is 83.4 Å². The molecule has 0 saturated heterocycles. The van der Waals surface area contributed by atoms with Gasteiger partial charge >= 0.3 is 0 Å². The van der Waals surface area contributed by atoms with Gasteiger partial charge in [-0.25, -0.2) is 0 Å². The minimum absolute atomic E-state index is 0.607. The van der Waals surface area contributed by atoms with Crippen molar-refractivity contribution in [3.05, 3.63) is 11.6 Å². The number of hydrogen-bond donors (Lipinski definition) is 0. The molecule has 0 radical (unpaired) electrons. The van der Waals surface area contributed by atoms with Crippen molar-refractivity contribution in [3.8, 4) is 0 Å². The highest BCUT2D eigenvalue weighted by atomic mass is 14.4. The first-order valence-corrected chi connectivity index (χ1v) is 5.80. The summed E-state index contributed by atoms with van der Waals surface area (Å²) in [7, 11) is 0. The molecule has 76 valence electrons. The van der Waals surface area contributed by atoms with Crippen LogP contribution in [0.3, 0.4) is 0 Å². The standard InChI is InChI=1S/C13H24/c1-5-7-12-8-9-13(4,10-12)11(3)6-2/h7,11H,5-6,8-10H2,1-4H3/b12-7-/t11?,13-/m1/s1. The molecule has 0 aromatic carbocycles. The van der Waals surface area contributed by atoms with Crippen molar-refractivity contribution in [1.29, 1.82) is 0 Å². The van der Waals surface area contributed by atoms with Gasteiger partial charge in [-0.15, -0.1) is 0 Å². The zero-order chi connectivity index (χ0) is 9.90. The van der Waals surface area contributed by atoms with E-state index in [1.54, 1.807) is 5.57 Å². The monoisotopic (exact) mass is 180 g/mol. The molecule has 0 bridgehead atoms. The van der Waals surface area contributed by atoms with Crippen LogP contribution in [-0.2, 0) is 0 Å². The summed E-state index contributed by atoms with van der Waals surface area (Å²) in [5.74, 6) is 0.884. The predicted molar refractivity (Wildman–Crippen MR) is 59.8 cm³/mol. The number of hydrogen-bond acceptors (Lipinski definition) is 0. The highest BCUT2D eigenvalue weighted by molar-refractivity contribution is 5.12. The summed E-state index contributed by atoms with van der Waals surface area (Å²) in [6.45, 7) is 9.44. The maximum absolute atomic E-state index is 2.47. The smallest absolute Gasteiger partial charge is 0.0260 e. The van der Waals surface area contributed by atoms with Crippen LogP contribution in [0.15, 0.2) is 11.6 Å². The van der Waals surface area contributed by atoms with Gasteiger partial charge in [-0.1, -0.05) is 45.8 Å². The molecule has 13 heavy (non-hydrogen) atoms. The molecule has 0 aromatic rings. The van der Waals surface area contributed by atoms with Crippen molar-refractivity contribution >= 4 is 0 Å². The summed E-state index contributed by atoms with van der Waals surface area (Å²) in [6.07, 6.45) is 9.10. The van der Waals surface area contributed by atoms with Crippen LogP contribution >= 0.6 is 0 Å². The Morgan fingerprint density at radius 3 is 2.69 bits per heavy atom. The topological polar surface area (TPSA) is 0 Å². The van der Waals surface area contributed by atoms with Gasteiger partial charge in [0.05, 0.1) is 0 Å². The fraction of sp³-hybridized carbons (Fsp3) is 0.846. The molecule has 0 N–H and O–H groups in total. The Hall–Kier alpha value is -0.260. The Kier molecular flexibility index (Phi) is 3.58. The fourth-order valence-corrected chi connectivity index (χ4v) is 2.52. The molecule has 0 nitrogen and oxygen atoms in total. The Morgan fingerprint density at radius 1 is 1.46 bits per heavy atom. The minimum atomic E-state index is 0.607. The zero-order valence-electron chi connectivity index (χ0n) is 9.69. The third kappa shape index (κ3) is 2.36. The molecule has 1 aliphatic rings. The van der Waals surface area contributed by atoms with E-state index in [9.17, 15) is 0 Å². The van der Waals surface area contributed by atoms with Gasteiger partial charge < -0.3 is 0 Å². The first-order chi connectivity index (χ1) is 6.12. The van der Waals surface area contributed by atoms with Crippen LogP contribution in [0.1, 0.15) is 59.8 Å². The molecule has 1 aliphatic carbocycles. The lowest BCUT2D eigenvalue weighted by atomic mass is 9.75. The van der Waals surface area contributed by atoms with E-state index in [-0.39, 0.29) is 0 Å². The summed E-state index contributed by atoms with van der Waals surface area (Å²) in [5, 5.41) is 0. The van der Waals surface area contributed by atoms with Crippen LogP contribution < -0.4 is 0 Å². The number of allylic oxidation sites excluding steroid dienone is 2. The molecule has 0 heteroatoms. The quantitative estimate of drug-likeness (QED) is 0.558. The van der Waals surface area contributed by atoms with E-state index in [0.29, 0.717) is 5.41 Å². The van der Waals surface area contributed by atoms with Crippen molar-refractivity contribution in [2.24, 2.45) is 11.3 Å². The van der Waals surface area contributed by atoms with E-state index in [4.69, 9.17) is 0 Å². The first-order valence-electron chi connectivity index (χ1n) is 5.80. The highest BCUT2D eigenvalue weighted by Crippen LogP contribution is 2.47. The molecule has 0 spiro atoms. The van der Waals surface area contributed by atoms with Crippen molar-refractivity contribution in [3.63, 3.8) is 0 Å². The van der Waals surface area contributed by atoms with Gasteiger partial charge in [-0.05, 0) is 37.0 Å². The lowest BCUT2D eigenvalue weighted by molar-refractivity contribution is 0.208. The SMILES string of the molecule is CC/C=C1/CC[C@@](C)(C(C)CC)C1. The van der Waals surface area contributed by atoms with Gasteiger partial charge in [0.25, 0.3) is 0 Å². The van der Waals surface area contributed by atoms with E-state index in [1.807, 2.05) is 0 Å². The minimum Gasteiger partial charge on any atom is -0.0856 e. The van der Waals surface area contributed by atoms with Crippen LogP contribution in [0.4, 0.5) is 0 Å². The summed E-state index contributed by atoms with van der Waals surface area (Å²) >= 11 is 0. The van der Waals surface area contributed by atoms with E-state index in [2.05, 4.69) is 33.8 Å². The van der Waals surface area contributed by atoms with Crippen LogP contribution in [-0.4, -0.2) is 0 Å². The van der Waals surface area contributed by atoms with Gasteiger partial charge in [-0.2, -0.15) is 0 Å². The first kappa shape index (κ1) is 10.8. The van der Waals surface area contributed by atoms with Crippen LogP contribution in [0, 0.1) is 11.3 Å². The van der Waals surface area contributed by atoms with Gasteiger partial charge in [0.2, 0.25) is 0 Å². The maximum Gasteiger partial charge on any atom is -0.0260 e. The molecule has 0 heterocycles. The average Bonchev–Trinajstić information content (AvgIpc) is 2.48. The molecule has 0 aliphatic heterocycles. The normalized spacial score (nSPS) is 34.0. The van der Waals surface area contributed by atoms with Crippen LogP contribution in [0.25, 0.3) is 0 Å². The second-order valence-electron chi connectivity index (χ2n) is 4.91. The third-order valence-electron chi connectivity index (χ3n) is 3.94.